The fraction of sp³-hybridized carbons (Fsp3) is 0.406. The topological polar surface area (TPSA) is 237 Å². The Morgan fingerprint density at radius 1 is 0.860 bits per heavy atom. The van der Waals surface area contributed by atoms with Gasteiger partial charge < -0.3 is 37.6 Å². The van der Waals surface area contributed by atoms with Crippen molar-refractivity contribution >= 4 is 73.9 Å². The van der Waals surface area contributed by atoms with Gasteiger partial charge in [-0.25, -0.2) is 19.9 Å². The number of amides is 2. The zero-order valence-corrected chi connectivity index (χ0v) is 29.6. The number of nitrogens with zero attached hydrogens (tertiary/aromatic N) is 8. The van der Waals surface area contributed by atoms with Crippen molar-refractivity contribution in [2.75, 3.05) is 46.6 Å². The Bertz CT molecular complexity index is 1850. The number of allylic oxidation sites excluding steroid dienone is 1. The van der Waals surface area contributed by atoms with Crippen LogP contribution in [0.1, 0.15) is 64.5 Å². The summed E-state index contributed by atoms with van der Waals surface area (Å²) in [6.07, 6.45) is 8.96. The first kappa shape index (κ1) is 36.2. The third-order valence-electron chi connectivity index (χ3n) is 8.07. The van der Waals surface area contributed by atoms with Gasteiger partial charge in [-0.1, -0.05) is 6.58 Å². The highest BCUT2D eigenvalue weighted by atomic mass is 32.1. The van der Waals surface area contributed by atoms with Gasteiger partial charge in [0.2, 0.25) is 0 Å². The molecule has 16 nitrogen and oxygen atoms in total. The van der Waals surface area contributed by atoms with Crippen LogP contribution < -0.4 is 37.6 Å². The minimum atomic E-state index is -0.647. The predicted octanol–water partition coefficient (Wildman–Crippen LogP) is 3.46. The van der Waals surface area contributed by atoms with Crippen molar-refractivity contribution in [1.82, 2.24) is 28.7 Å². The van der Waals surface area contributed by atoms with E-state index in [1.165, 1.54) is 29.1 Å². The number of ketones is 1. The van der Waals surface area contributed by atoms with Gasteiger partial charge in [0.1, 0.15) is 21.6 Å². The Kier molecular flexibility index (Phi) is 12.0. The molecule has 0 aliphatic carbocycles. The summed E-state index contributed by atoms with van der Waals surface area (Å²) in [5.74, 6) is 1.04. The van der Waals surface area contributed by atoms with Crippen molar-refractivity contribution in [1.29, 1.82) is 0 Å². The van der Waals surface area contributed by atoms with E-state index < -0.39 is 11.8 Å². The number of carbonyl (C=O) groups excluding carboxylic acids is 3. The smallest absolute Gasteiger partial charge is 0.271 e. The maximum Gasteiger partial charge on any atom is 0.271 e. The molecule has 0 unspecified atom stereocenters. The van der Waals surface area contributed by atoms with Crippen LogP contribution in [0.5, 0.6) is 0 Å². The van der Waals surface area contributed by atoms with Gasteiger partial charge in [0.05, 0.1) is 23.8 Å². The van der Waals surface area contributed by atoms with E-state index in [9.17, 15) is 14.4 Å². The number of aryl methyl sites for hydroxylation is 2. The zero-order valence-electron chi connectivity index (χ0n) is 28.0. The van der Waals surface area contributed by atoms with Gasteiger partial charge in [0.25, 0.3) is 11.8 Å². The maximum atomic E-state index is 11.7. The van der Waals surface area contributed by atoms with Gasteiger partial charge in [-0.15, -0.1) is 0 Å². The number of piperidine rings is 2. The number of hydrogen-bond donors (Lipinski definition) is 5. The van der Waals surface area contributed by atoms with E-state index in [-0.39, 0.29) is 29.1 Å². The highest BCUT2D eigenvalue weighted by Crippen LogP contribution is 2.28. The second kappa shape index (κ2) is 16.6. The van der Waals surface area contributed by atoms with Crippen LogP contribution in [0.4, 0.5) is 33.3 Å². The summed E-state index contributed by atoms with van der Waals surface area (Å²) in [7, 11) is 0. The van der Waals surface area contributed by atoms with E-state index in [0.29, 0.717) is 36.2 Å². The average Bonchev–Trinajstić information content (AvgIpc) is 3.71. The Morgan fingerprint density at radius 3 is 1.80 bits per heavy atom. The number of anilines is 6. The number of carbonyl (C=O) groups is 3. The number of rotatable bonds is 11. The normalized spacial score (nSPS) is 17.3. The molecule has 0 spiro atoms. The predicted molar refractivity (Wildman–Crippen MR) is 196 cm³/mol. The third kappa shape index (κ3) is 9.54. The molecule has 2 fully saturated rings. The Hall–Kier alpha value is -5.07. The molecule has 2 aliphatic rings. The molecule has 2 aliphatic heterocycles. The van der Waals surface area contributed by atoms with Crippen molar-refractivity contribution in [2.24, 2.45) is 23.1 Å². The minimum absolute atomic E-state index is 0.0555. The molecular weight excluding hydrogens is 679 g/mol. The van der Waals surface area contributed by atoms with Crippen LogP contribution in [0.3, 0.4) is 0 Å². The van der Waals surface area contributed by atoms with Crippen LogP contribution in [0.2, 0.25) is 0 Å². The summed E-state index contributed by atoms with van der Waals surface area (Å²) in [5.41, 5.74) is 18.8. The maximum absolute atomic E-state index is 11.7. The fourth-order valence-electron chi connectivity index (χ4n) is 5.70. The molecule has 8 N–H and O–H groups in total. The van der Waals surface area contributed by atoms with Gasteiger partial charge in [-0.2, -0.15) is 8.75 Å². The van der Waals surface area contributed by atoms with Crippen molar-refractivity contribution in [2.45, 2.75) is 52.0 Å². The average molecular weight is 720 g/mol. The monoisotopic (exact) mass is 719 g/mol. The summed E-state index contributed by atoms with van der Waals surface area (Å²) in [4.78, 5) is 56.7. The molecule has 0 saturated carbocycles. The molecule has 0 aromatic carbocycles. The molecular formula is C32H41N13O3S2. The Labute approximate surface area is 297 Å². The van der Waals surface area contributed by atoms with Gasteiger partial charge in [-0.3, -0.25) is 14.4 Å². The van der Waals surface area contributed by atoms with Crippen molar-refractivity contribution in [3.63, 3.8) is 0 Å². The molecule has 0 bridgehead atoms. The lowest BCUT2D eigenvalue weighted by molar-refractivity contribution is -0.115. The summed E-state index contributed by atoms with van der Waals surface area (Å²) in [6.45, 7) is 10.5. The quantitative estimate of drug-likeness (QED) is 0.140. The van der Waals surface area contributed by atoms with E-state index >= 15 is 0 Å². The van der Waals surface area contributed by atoms with Crippen molar-refractivity contribution in [3.05, 3.63) is 60.0 Å². The molecule has 50 heavy (non-hydrogen) atoms. The van der Waals surface area contributed by atoms with Crippen molar-refractivity contribution in [3.8, 4) is 0 Å². The zero-order chi connectivity index (χ0) is 35.8. The lowest BCUT2D eigenvalue weighted by atomic mass is 9.93. The van der Waals surface area contributed by atoms with Gasteiger partial charge in [0, 0.05) is 38.6 Å². The first-order valence-corrected chi connectivity index (χ1v) is 17.7. The standard InChI is InChI=1S/C18H22N6O2S.C14H19N7OS/c1-3-13(25)8-12-5-4-6-24(10-12)14-9-20-16(17(19)26)18(21-14)22-15-7-11(2)23-27-15;1-8-5-11(23-20-8)19-14-12(13(16)22)17-6-10(18-14)21-4-2-3-9(15)7-21/h3,7,9,12H,1,4-6,8,10H2,2H3,(H2,19,26)(H,21,22);5-6,9H,2-4,7,15H2,1H3,(H2,16,22)(H,18,19)/t12-;9-/m01/s1. The molecule has 6 heterocycles. The first-order valence-electron chi connectivity index (χ1n) is 16.1. The second-order valence-corrected chi connectivity index (χ2v) is 13.8. The van der Waals surface area contributed by atoms with E-state index in [2.05, 4.69) is 55.7 Å². The molecule has 0 radical (unpaired) electrons. The van der Waals surface area contributed by atoms with E-state index in [4.69, 9.17) is 17.2 Å². The Morgan fingerprint density at radius 2 is 1.36 bits per heavy atom. The number of primary amides is 2. The summed E-state index contributed by atoms with van der Waals surface area (Å²) in [5, 5.41) is 7.73. The number of hydrogen-bond acceptors (Lipinski definition) is 16. The van der Waals surface area contributed by atoms with Crippen LogP contribution in [0.25, 0.3) is 0 Å². The number of nitrogens with two attached hydrogens (primary N) is 3. The largest absolute Gasteiger partial charge is 0.364 e. The van der Waals surface area contributed by atoms with Crippen LogP contribution in [-0.2, 0) is 4.79 Å². The lowest BCUT2D eigenvalue weighted by Gasteiger charge is -2.33. The second-order valence-electron chi connectivity index (χ2n) is 12.2. The minimum Gasteiger partial charge on any atom is -0.364 e. The highest BCUT2D eigenvalue weighted by Gasteiger charge is 2.25. The molecule has 6 rings (SSSR count). The van der Waals surface area contributed by atoms with Crippen LogP contribution in [-0.4, -0.2) is 78.5 Å². The molecule has 2 amide bonds. The molecule has 18 heteroatoms. The SMILES string of the molecule is C=CC(=O)C[C@@H]1CCCN(c2cnc(C(N)=O)c(Nc3cc(C)ns3)n2)C1.Cc1cc(Nc2nc(N3CCC[C@@H](N)C3)cnc2C(N)=O)sn1. The van der Waals surface area contributed by atoms with Crippen LogP contribution in [0, 0.1) is 19.8 Å². The van der Waals surface area contributed by atoms with E-state index in [0.717, 1.165) is 66.7 Å². The van der Waals surface area contributed by atoms with E-state index in [1.807, 2.05) is 26.0 Å². The molecule has 2 saturated heterocycles. The summed E-state index contributed by atoms with van der Waals surface area (Å²) < 4.78 is 8.41. The summed E-state index contributed by atoms with van der Waals surface area (Å²) in [6, 6.07) is 3.87. The third-order valence-corrected chi connectivity index (χ3v) is 9.66. The van der Waals surface area contributed by atoms with Gasteiger partial charge in [-0.05, 0) is 86.7 Å². The van der Waals surface area contributed by atoms with Gasteiger partial charge in [0.15, 0.2) is 28.8 Å². The Balaban J connectivity index is 0.000000197. The number of nitrogens with one attached hydrogen (secondary N) is 2. The fourth-order valence-corrected chi connectivity index (χ4v) is 7.02. The highest BCUT2D eigenvalue weighted by molar-refractivity contribution is 7.10. The summed E-state index contributed by atoms with van der Waals surface area (Å²) >= 11 is 2.57. The van der Waals surface area contributed by atoms with Crippen molar-refractivity contribution < 1.29 is 14.4 Å². The van der Waals surface area contributed by atoms with E-state index in [1.54, 1.807) is 12.4 Å². The molecule has 4 aromatic rings. The van der Waals surface area contributed by atoms with Gasteiger partial charge >= 0.3 is 0 Å². The molecule has 2 atom stereocenters. The molecule has 264 valence electrons. The first-order chi connectivity index (χ1) is 24.0. The molecule has 4 aromatic heterocycles. The number of aromatic nitrogens is 6. The van der Waals surface area contributed by atoms with Crippen LogP contribution in [0.15, 0.2) is 37.2 Å². The lowest BCUT2D eigenvalue weighted by Crippen LogP contribution is -2.43. The van der Waals surface area contributed by atoms with Crippen LogP contribution >= 0.6 is 23.1 Å².